The van der Waals surface area contributed by atoms with Crippen molar-refractivity contribution in [2.45, 2.75) is 25.5 Å². The van der Waals surface area contributed by atoms with Crippen LogP contribution in [0.1, 0.15) is 35.6 Å². The summed E-state index contributed by atoms with van der Waals surface area (Å²) in [6, 6.07) is 6.05. The summed E-state index contributed by atoms with van der Waals surface area (Å²) in [6.45, 7) is 1.69. The van der Waals surface area contributed by atoms with Gasteiger partial charge in [0.1, 0.15) is 23.4 Å². The first-order valence-corrected chi connectivity index (χ1v) is 6.48. The van der Waals surface area contributed by atoms with Gasteiger partial charge in [0.2, 0.25) is 0 Å². The van der Waals surface area contributed by atoms with Crippen molar-refractivity contribution in [3.8, 4) is 5.75 Å². The first kappa shape index (κ1) is 15.1. The predicted molar refractivity (Wildman–Crippen MR) is 73.3 cm³/mol. The average Bonchev–Trinajstić information content (AvgIpc) is 2.95. The number of nitrogens with one attached hydrogen (secondary N) is 1. The SMILES string of the molecule is CC(CC(O)c1ccco1)NC(=O)c1cc(F)ccc1O. The summed E-state index contributed by atoms with van der Waals surface area (Å²) in [4.78, 5) is 12.0. The number of phenolic OH excluding ortho intramolecular Hbond substituents is 1. The third-order valence-corrected chi connectivity index (χ3v) is 3.03. The lowest BCUT2D eigenvalue weighted by Crippen LogP contribution is -2.33. The lowest BCUT2D eigenvalue weighted by molar-refractivity contribution is 0.0900. The summed E-state index contributed by atoms with van der Waals surface area (Å²) in [5, 5.41) is 22.1. The van der Waals surface area contributed by atoms with Gasteiger partial charge >= 0.3 is 0 Å². The number of aliphatic hydroxyl groups excluding tert-OH is 1. The lowest BCUT2D eigenvalue weighted by atomic mass is 10.1. The molecule has 0 spiro atoms. The van der Waals surface area contributed by atoms with Crippen LogP contribution in [-0.2, 0) is 0 Å². The summed E-state index contributed by atoms with van der Waals surface area (Å²) < 4.78 is 18.2. The quantitative estimate of drug-likeness (QED) is 0.790. The van der Waals surface area contributed by atoms with Crippen LogP contribution >= 0.6 is 0 Å². The molecule has 0 aliphatic heterocycles. The number of hydrogen-bond acceptors (Lipinski definition) is 4. The van der Waals surface area contributed by atoms with E-state index < -0.39 is 17.8 Å². The zero-order chi connectivity index (χ0) is 15.4. The molecule has 2 unspecified atom stereocenters. The van der Waals surface area contributed by atoms with Crippen molar-refractivity contribution in [3.63, 3.8) is 0 Å². The molecule has 112 valence electrons. The molecule has 0 saturated heterocycles. The Kier molecular flexibility index (Phi) is 4.59. The molecule has 1 heterocycles. The van der Waals surface area contributed by atoms with E-state index in [2.05, 4.69) is 5.32 Å². The van der Waals surface area contributed by atoms with Gasteiger partial charge in [-0.3, -0.25) is 4.79 Å². The number of phenols is 1. The van der Waals surface area contributed by atoms with E-state index in [4.69, 9.17) is 4.42 Å². The van der Waals surface area contributed by atoms with Crippen molar-refractivity contribution in [2.75, 3.05) is 0 Å². The second kappa shape index (κ2) is 6.41. The number of halogens is 1. The molecular weight excluding hydrogens is 277 g/mol. The molecule has 1 amide bonds. The molecular formula is C15H16FNO4. The summed E-state index contributed by atoms with van der Waals surface area (Å²) in [5.74, 6) is -1.11. The Labute approximate surface area is 121 Å². The van der Waals surface area contributed by atoms with E-state index in [0.29, 0.717) is 5.76 Å². The number of carbonyl (C=O) groups is 1. The predicted octanol–water partition coefficient (Wildman–Crippen LogP) is 2.37. The van der Waals surface area contributed by atoms with Crippen LogP contribution in [0.15, 0.2) is 41.0 Å². The average molecular weight is 293 g/mol. The molecule has 0 bridgehead atoms. The van der Waals surface area contributed by atoms with Gasteiger partial charge in [-0.2, -0.15) is 0 Å². The van der Waals surface area contributed by atoms with Crippen molar-refractivity contribution >= 4 is 5.91 Å². The topological polar surface area (TPSA) is 82.7 Å². The van der Waals surface area contributed by atoms with Crippen LogP contribution < -0.4 is 5.32 Å². The molecule has 0 saturated carbocycles. The smallest absolute Gasteiger partial charge is 0.255 e. The fourth-order valence-corrected chi connectivity index (χ4v) is 1.98. The van der Waals surface area contributed by atoms with Crippen molar-refractivity contribution < 1.29 is 23.8 Å². The van der Waals surface area contributed by atoms with Gasteiger partial charge in [0.15, 0.2) is 0 Å². The van der Waals surface area contributed by atoms with Crippen molar-refractivity contribution in [1.82, 2.24) is 5.32 Å². The Balaban J connectivity index is 1.97. The molecule has 2 atom stereocenters. The number of amides is 1. The van der Waals surface area contributed by atoms with Gasteiger partial charge in [-0.25, -0.2) is 4.39 Å². The van der Waals surface area contributed by atoms with E-state index in [1.54, 1.807) is 19.1 Å². The van der Waals surface area contributed by atoms with Gasteiger partial charge in [0.05, 0.1) is 11.8 Å². The molecule has 21 heavy (non-hydrogen) atoms. The fraction of sp³-hybridized carbons (Fsp3) is 0.267. The van der Waals surface area contributed by atoms with Gasteiger partial charge in [0.25, 0.3) is 5.91 Å². The molecule has 1 aromatic heterocycles. The van der Waals surface area contributed by atoms with Crippen LogP contribution in [-0.4, -0.2) is 22.2 Å². The summed E-state index contributed by atoms with van der Waals surface area (Å²) in [5.41, 5.74) is -0.144. The van der Waals surface area contributed by atoms with Crippen LogP contribution in [0.5, 0.6) is 5.75 Å². The minimum absolute atomic E-state index is 0.144. The van der Waals surface area contributed by atoms with E-state index in [9.17, 15) is 19.4 Å². The number of rotatable bonds is 5. The maximum absolute atomic E-state index is 13.1. The van der Waals surface area contributed by atoms with Gasteiger partial charge in [-0.05, 0) is 37.3 Å². The van der Waals surface area contributed by atoms with Crippen LogP contribution in [0, 0.1) is 5.82 Å². The highest BCUT2D eigenvalue weighted by Crippen LogP contribution is 2.20. The van der Waals surface area contributed by atoms with Gasteiger partial charge in [-0.15, -0.1) is 0 Å². The minimum atomic E-state index is -0.851. The van der Waals surface area contributed by atoms with Crippen molar-refractivity contribution in [2.24, 2.45) is 0 Å². The molecule has 2 rings (SSSR count). The summed E-state index contributed by atoms with van der Waals surface area (Å²) in [6.07, 6.45) is 0.832. The standard InChI is InChI=1S/C15H16FNO4/c1-9(7-13(19)14-3-2-6-21-14)17-15(20)11-8-10(16)4-5-12(11)18/h2-6,8-9,13,18-19H,7H2,1H3,(H,17,20). The summed E-state index contributed by atoms with van der Waals surface area (Å²) in [7, 11) is 0. The number of carbonyl (C=O) groups excluding carboxylic acids is 1. The Morgan fingerprint density at radius 3 is 2.86 bits per heavy atom. The second-order valence-corrected chi connectivity index (χ2v) is 4.80. The normalized spacial score (nSPS) is 13.7. The first-order chi connectivity index (χ1) is 9.97. The molecule has 1 aromatic carbocycles. The van der Waals surface area contributed by atoms with Gasteiger partial charge < -0.3 is 19.9 Å². The van der Waals surface area contributed by atoms with E-state index in [1.807, 2.05) is 0 Å². The van der Waals surface area contributed by atoms with Crippen LogP contribution in [0.25, 0.3) is 0 Å². The molecule has 3 N–H and O–H groups in total. The van der Waals surface area contributed by atoms with E-state index in [1.165, 1.54) is 6.26 Å². The highest BCUT2D eigenvalue weighted by Gasteiger charge is 2.18. The lowest BCUT2D eigenvalue weighted by Gasteiger charge is -2.17. The van der Waals surface area contributed by atoms with Crippen LogP contribution in [0.4, 0.5) is 4.39 Å². The fourth-order valence-electron chi connectivity index (χ4n) is 1.98. The Morgan fingerprint density at radius 1 is 1.43 bits per heavy atom. The molecule has 0 aliphatic carbocycles. The zero-order valence-corrected chi connectivity index (χ0v) is 11.4. The van der Waals surface area contributed by atoms with Crippen molar-refractivity contribution in [3.05, 3.63) is 53.7 Å². The third kappa shape index (κ3) is 3.82. The van der Waals surface area contributed by atoms with Crippen molar-refractivity contribution in [1.29, 1.82) is 0 Å². The van der Waals surface area contributed by atoms with E-state index in [0.717, 1.165) is 18.2 Å². The van der Waals surface area contributed by atoms with Gasteiger partial charge in [-0.1, -0.05) is 0 Å². The second-order valence-electron chi connectivity index (χ2n) is 4.80. The molecule has 0 fully saturated rings. The molecule has 2 aromatic rings. The highest BCUT2D eigenvalue weighted by molar-refractivity contribution is 5.96. The monoisotopic (exact) mass is 293 g/mol. The van der Waals surface area contributed by atoms with Crippen LogP contribution in [0.2, 0.25) is 0 Å². The van der Waals surface area contributed by atoms with Gasteiger partial charge in [0, 0.05) is 12.5 Å². The largest absolute Gasteiger partial charge is 0.507 e. The Hall–Kier alpha value is -2.34. The number of furan rings is 1. The molecule has 6 heteroatoms. The molecule has 5 nitrogen and oxygen atoms in total. The van der Waals surface area contributed by atoms with E-state index >= 15 is 0 Å². The number of aromatic hydroxyl groups is 1. The van der Waals surface area contributed by atoms with E-state index in [-0.39, 0.29) is 23.8 Å². The number of aliphatic hydroxyl groups is 1. The minimum Gasteiger partial charge on any atom is -0.507 e. The molecule has 0 radical (unpaired) electrons. The van der Waals surface area contributed by atoms with Crippen LogP contribution in [0.3, 0.4) is 0 Å². The maximum atomic E-state index is 13.1. The number of hydrogen-bond donors (Lipinski definition) is 3. The maximum Gasteiger partial charge on any atom is 0.255 e. The first-order valence-electron chi connectivity index (χ1n) is 6.48. The summed E-state index contributed by atoms with van der Waals surface area (Å²) >= 11 is 0. The highest BCUT2D eigenvalue weighted by atomic mass is 19.1. The third-order valence-electron chi connectivity index (χ3n) is 3.03. The number of benzene rings is 1. The zero-order valence-electron chi connectivity index (χ0n) is 11.4. The Bertz CT molecular complexity index is 612. The molecule has 0 aliphatic rings. The Morgan fingerprint density at radius 2 is 2.19 bits per heavy atom.